The van der Waals surface area contributed by atoms with E-state index in [1.165, 1.54) is 5.56 Å². The number of rotatable bonds is 10. The first-order valence-electron chi connectivity index (χ1n) is 12.4. The molecule has 0 aliphatic rings. The van der Waals surface area contributed by atoms with Crippen LogP contribution in [0.15, 0.2) is 119 Å². The van der Waals surface area contributed by atoms with Gasteiger partial charge in [0.15, 0.2) is 0 Å². The van der Waals surface area contributed by atoms with E-state index in [4.69, 9.17) is 4.74 Å². The van der Waals surface area contributed by atoms with Crippen molar-refractivity contribution in [2.24, 2.45) is 0 Å². The van der Waals surface area contributed by atoms with E-state index >= 15 is 0 Å². The Morgan fingerprint density at radius 2 is 1.51 bits per heavy atom. The van der Waals surface area contributed by atoms with Crippen LogP contribution in [0.2, 0.25) is 0 Å². The molecule has 37 heavy (non-hydrogen) atoms. The number of ether oxygens (including phenoxy) is 1. The van der Waals surface area contributed by atoms with E-state index < -0.39 is 0 Å². The van der Waals surface area contributed by atoms with Gasteiger partial charge in [0.1, 0.15) is 5.75 Å². The molecule has 188 valence electrons. The highest BCUT2D eigenvalue weighted by atomic mass is 32.2. The number of benzene rings is 4. The molecule has 0 aliphatic heterocycles. The molecule has 0 saturated heterocycles. The molecule has 0 saturated carbocycles. The van der Waals surface area contributed by atoms with Crippen molar-refractivity contribution in [1.29, 1.82) is 0 Å². The third kappa shape index (κ3) is 7.98. The standard InChI is InChI=1S/C31H30N2O3S/c1-2-10-30(34)36-27-17-19-28(20-18-27)37-29-16-9-15-26(23-29)33(22-21-24-11-5-3-6-12-24)31(35)32-25-13-7-4-8-14-25/h3-9,11-20,23H,2,10,21-22H2,1H3,(H,32,35). The second kappa shape index (κ2) is 13.3. The van der Waals surface area contributed by atoms with E-state index in [2.05, 4.69) is 17.4 Å². The number of amides is 2. The second-order valence-corrected chi connectivity index (χ2v) is 9.63. The third-order valence-corrected chi connectivity index (χ3v) is 6.61. The first kappa shape index (κ1) is 26.0. The Morgan fingerprint density at radius 1 is 0.811 bits per heavy atom. The smallest absolute Gasteiger partial charge is 0.326 e. The Kier molecular flexibility index (Phi) is 9.38. The van der Waals surface area contributed by atoms with Crippen molar-refractivity contribution in [2.45, 2.75) is 36.0 Å². The maximum atomic E-state index is 13.3. The molecule has 4 rings (SSSR count). The topological polar surface area (TPSA) is 58.6 Å². The molecule has 5 nitrogen and oxygen atoms in total. The number of nitrogens with one attached hydrogen (secondary N) is 1. The zero-order chi connectivity index (χ0) is 25.9. The van der Waals surface area contributed by atoms with Gasteiger partial charge in [-0.25, -0.2) is 4.79 Å². The van der Waals surface area contributed by atoms with Gasteiger partial charge in [0.25, 0.3) is 0 Å². The summed E-state index contributed by atoms with van der Waals surface area (Å²) in [5, 5.41) is 3.02. The third-order valence-electron chi connectivity index (χ3n) is 5.61. The summed E-state index contributed by atoms with van der Waals surface area (Å²) in [4.78, 5) is 28.9. The lowest BCUT2D eigenvalue weighted by atomic mass is 10.1. The van der Waals surface area contributed by atoms with Crippen molar-refractivity contribution in [2.75, 3.05) is 16.8 Å². The van der Waals surface area contributed by atoms with E-state index in [-0.39, 0.29) is 12.0 Å². The molecule has 4 aromatic carbocycles. The minimum atomic E-state index is -0.222. The summed E-state index contributed by atoms with van der Waals surface area (Å²) < 4.78 is 5.35. The normalized spacial score (nSPS) is 10.5. The van der Waals surface area contributed by atoms with Crippen LogP contribution in [0.25, 0.3) is 0 Å². The number of anilines is 2. The number of para-hydroxylation sites is 1. The van der Waals surface area contributed by atoms with Gasteiger partial charge in [-0.2, -0.15) is 0 Å². The van der Waals surface area contributed by atoms with Gasteiger partial charge in [-0.15, -0.1) is 0 Å². The van der Waals surface area contributed by atoms with Crippen molar-refractivity contribution in [3.05, 3.63) is 115 Å². The Bertz CT molecular complexity index is 1300. The molecule has 2 amide bonds. The quantitative estimate of drug-likeness (QED) is 0.174. The molecule has 4 aromatic rings. The number of hydrogen-bond acceptors (Lipinski definition) is 4. The molecule has 0 atom stereocenters. The molecule has 0 radical (unpaired) electrons. The number of carbonyl (C=O) groups is 2. The lowest BCUT2D eigenvalue weighted by molar-refractivity contribution is -0.134. The van der Waals surface area contributed by atoms with Crippen molar-refractivity contribution in [3.63, 3.8) is 0 Å². The number of nitrogens with zero attached hydrogens (tertiary/aromatic N) is 1. The largest absolute Gasteiger partial charge is 0.427 e. The molecule has 0 heterocycles. The van der Waals surface area contributed by atoms with Crippen LogP contribution in [0, 0.1) is 0 Å². The molecule has 0 fully saturated rings. The van der Waals surface area contributed by atoms with E-state index in [0.717, 1.165) is 34.0 Å². The van der Waals surface area contributed by atoms with Crippen LogP contribution in [-0.4, -0.2) is 18.5 Å². The summed E-state index contributed by atoms with van der Waals surface area (Å²) >= 11 is 1.59. The monoisotopic (exact) mass is 510 g/mol. The van der Waals surface area contributed by atoms with Gasteiger partial charge in [-0.3, -0.25) is 9.69 Å². The fourth-order valence-electron chi connectivity index (χ4n) is 3.76. The summed E-state index contributed by atoms with van der Waals surface area (Å²) in [5.41, 5.74) is 2.74. The van der Waals surface area contributed by atoms with E-state index in [1.54, 1.807) is 28.8 Å². The highest BCUT2D eigenvalue weighted by Gasteiger charge is 2.17. The molecule has 0 spiro atoms. The number of carbonyl (C=O) groups excluding carboxylic acids is 2. The number of esters is 1. The zero-order valence-electron chi connectivity index (χ0n) is 20.8. The molecular weight excluding hydrogens is 480 g/mol. The van der Waals surface area contributed by atoms with Gasteiger partial charge in [-0.1, -0.05) is 73.3 Å². The minimum Gasteiger partial charge on any atom is -0.427 e. The maximum Gasteiger partial charge on any atom is 0.326 e. The summed E-state index contributed by atoms with van der Waals surface area (Å²) in [5.74, 6) is 0.321. The summed E-state index contributed by atoms with van der Waals surface area (Å²) in [6.45, 7) is 2.48. The fourth-order valence-corrected chi connectivity index (χ4v) is 4.63. The predicted molar refractivity (Wildman–Crippen MR) is 151 cm³/mol. The first-order valence-corrected chi connectivity index (χ1v) is 13.2. The van der Waals surface area contributed by atoms with Gasteiger partial charge in [0, 0.05) is 34.1 Å². The van der Waals surface area contributed by atoms with Gasteiger partial charge in [0.05, 0.1) is 0 Å². The first-order chi connectivity index (χ1) is 18.1. The van der Waals surface area contributed by atoms with E-state index in [1.807, 2.05) is 91.9 Å². The van der Waals surface area contributed by atoms with Crippen LogP contribution in [-0.2, 0) is 11.2 Å². The van der Waals surface area contributed by atoms with Gasteiger partial charge < -0.3 is 10.1 Å². The lowest BCUT2D eigenvalue weighted by Crippen LogP contribution is -2.36. The summed E-state index contributed by atoms with van der Waals surface area (Å²) in [7, 11) is 0. The number of hydrogen-bond donors (Lipinski definition) is 1. The van der Waals surface area contributed by atoms with Gasteiger partial charge >= 0.3 is 12.0 Å². The van der Waals surface area contributed by atoms with Crippen molar-refractivity contribution >= 4 is 35.1 Å². The lowest BCUT2D eigenvalue weighted by Gasteiger charge is -2.24. The molecule has 1 N–H and O–H groups in total. The Hall–Kier alpha value is -4.03. The minimum absolute atomic E-state index is 0.178. The van der Waals surface area contributed by atoms with Crippen LogP contribution < -0.4 is 15.0 Å². The van der Waals surface area contributed by atoms with Crippen molar-refractivity contribution in [3.8, 4) is 5.75 Å². The van der Waals surface area contributed by atoms with Crippen LogP contribution in [0.3, 0.4) is 0 Å². The average Bonchev–Trinajstić information content (AvgIpc) is 2.91. The Labute approximate surface area is 222 Å². The van der Waals surface area contributed by atoms with Crippen LogP contribution in [0.5, 0.6) is 5.75 Å². The molecule has 0 aliphatic carbocycles. The SMILES string of the molecule is CCCC(=O)Oc1ccc(Sc2cccc(N(CCc3ccccc3)C(=O)Nc3ccccc3)c2)cc1. The van der Waals surface area contributed by atoms with Crippen LogP contribution in [0.4, 0.5) is 16.2 Å². The Balaban J connectivity index is 1.49. The van der Waals surface area contributed by atoms with E-state index in [0.29, 0.717) is 18.7 Å². The molecule has 0 aromatic heterocycles. The Morgan fingerprint density at radius 3 is 2.22 bits per heavy atom. The van der Waals surface area contributed by atoms with Crippen LogP contribution in [0.1, 0.15) is 25.3 Å². The average molecular weight is 511 g/mol. The van der Waals surface area contributed by atoms with Gasteiger partial charge in [0.2, 0.25) is 0 Å². The van der Waals surface area contributed by atoms with Crippen LogP contribution >= 0.6 is 11.8 Å². The fraction of sp³-hybridized carbons (Fsp3) is 0.161. The summed E-state index contributed by atoms with van der Waals surface area (Å²) in [6.07, 6.45) is 1.90. The summed E-state index contributed by atoms with van der Waals surface area (Å²) in [6, 6.07) is 34.9. The maximum absolute atomic E-state index is 13.3. The highest BCUT2D eigenvalue weighted by Crippen LogP contribution is 2.32. The second-order valence-electron chi connectivity index (χ2n) is 8.48. The molecule has 0 unspecified atom stereocenters. The van der Waals surface area contributed by atoms with Crippen molar-refractivity contribution < 1.29 is 14.3 Å². The van der Waals surface area contributed by atoms with Gasteiger partial charge in [-0.05, 0) is 73.0 Å². The molecule has 6 heteroatoms. The predicted octanol–water partition coefficient (Wildman–Crippen LogP) is 7.82. The molecule has 0 bridgehead atoms. The highest BCUT2D eigenvalue weighted by molar-refractivity contribution is 7.99. The van der Waals surface area contributed by atoms with E-state index in [9.17, 15) is 9.59 Å². The zero-order valence-corrected chi connectivity index (χ0v) is 21.6. The van der Waals surface area contributed by atoms with Crippen molar-refractivity contribution in [1.82, 2.24) is 0 Å². The molecular formula is C31H30N2O3S. The number of urea groups is 1.